The highest BCUT2D eigenvalue weighted by atomic mass is 16.6. The summed E-state index contributed by atoms with van der Waals surface area (Å²) in [6.07, 6.45) is 2.77. The van der Waals surface area contributed by atoms with Crippen LogP contribution in [-0.2, 0) is 19.1 Å². The molecule has 0 spiro atoms. The zero-order valence-corrected chi connectivity index (χ0v) is 16.5. The molecule has 0 saturated heterocycles. The molecule has 3 atom stereocenters. The first-order chi connectivity index (χ1) is 13.3. The number of nitro benzene ring substituents is 1. The van der Waals surface area contributed by atoms with Gasteiger partial charge in [-0.1, -0.05) is 39.3 Å². The quantitative estimate of drug-likeness (QED) is 0.378. The number of hydrogen-bond donors (Lipinski definition) is 0. The van der Waals surface area contributed by atoms with Crippen molar-refractivity contribution in [3.05, 3.63) is 34.4 Å². The maximum absolute atomic E-state index is 12.1. The van der Waals surface area contributed by atoms with E-state index in [0.29, 0.717) is 17.8 Å². The fourth-order valence-electron chi connectivity index (χ4n) is 3.50. The highest BCUT2D eigenvalue weighted by molar-refractivity contribution is 5.77. The van der Waals surface area contributed by atoms with Crippen molar-refractivity contribution in [2.24, 2.45) is 17.8 Å². The summed E-state index contributed by atoms with van der Waals surface area (Å²) in [6, 6.07) is 5.71. The summed E-state index contributed by atoms with van der Waals surface area (Å²) < 4.78 is 15.6. The Morgan fingerprint density at radius 3 is 2.57 bits per heavy atom. The van der Waals surface area contributed by atoms with Gasteiger partial charge in [0, 0.05) is 6.07 Å². The van der Waals surface area contributed by atoms with Crippen molar-refractivity contribution >= 4 is 17.6 Å². The molecule has 8 heteroatoms. The molecule has 0 N–H and O–H groups in total. The van der Waals surface area contributed by atoms with E-state index >= 15 is 0 Å². The largest absolute Gasteiger partial charge is 0.475 e. The summed E-state index contributed by atoms with van der Waals surface area (Å²) in [4.78, 5) is 34.2. The van der Waals surface area contributed by atoms with E-state index < -0.39 is 30.1 Å². The van der Waals surface area contributed by atoms with Crippen molar-refractivity contribution in [1.82, 2.24) is 0 Å². The second kappa shape index (κ2) is 10.1. The number of hydrogen-bond acceptors (Lipinski definition) is 7. The third kappa shape index (κ3) is 6.21. The number of rotatable bonds is 8. The van der Waals surface area contributed by atoms with Gasteiger partial charge in [0.1, 0.15) is 6.10 Å². The van der Waals surface area contributed by atoms with Gasteiger partial charge in [-0.25, -0.2) is 9.59 Å². The maximum atomic E-state index is 12.1. The first kappa shape index (κ1) is 21.7. The molecule has 1 saturated carbocycles. The highest BCUT2D eigenvalue weighted by Gasteiger charge is 2.33. The number of benzene rings is 1. The van der Waals surface area contributed by atoms with Gasteiger partial charge in [0.2, 0.25) is 0 Å². The van der Waals surface area contributed by atoms with Gasteiger partial charge in [0.15, 0.2) is 19.0 Å². The zero-order valence-electron chi connectivity index (χ0n) is 16.5. The summed E-state index contributed by atoms with van der Waals surface area (Å²) in [5, 5.41) is 10.9. The summed E-state index contributed by atoms with van der Waals surface area (Å²) in [5.74, 6) is -0.231. The minimum atomic E-state index is -0.799. The lowest BCUT2D eigenvalue weighted by Crippen LogP contribution is -2.37. The maximum Gasteiger partial charge on any atom is 0.344 e. The molecule has 0 amide bonds. The van der Waals surface area contributed by atoms with Crippen LogP contribution in [-0.4, -0.2) is 36.2 Å². The molecule has 154 valence electrons. The first-order valence-electron chi connectivity index (χ1n) is 9.49. The number of esters is 2. The fraction of sp³-hybridized carbons (Fsp3) is 0.600. The SMILES string of the molecule is CC(C)[C@H]1CC[C@@H](C)C[C@@H]1OC(=O)COC(=O)COc1ccccc1[N+](=O)[O-]. The number of para-hydroxylation sites is 2. The Morgan fingerprint density at radius 2 is 1.89 bits per heavy atom. The standard InChI is InChI=1S/C20H27NO7/c1-13(2)15-9-8-14(3)10-18(15)28-20(23)12-27-19(22)11-26-17-7-5-4-6-16(17)21(24)25/h4-7,13-15,18H,8-12H2,1-3H3/t14-,15-,18+/m1/s1. The molecule has 0 aromatic heterocycles. The predicted molar refractivity (Wildman–Crippen MR) is 101 cm³/mol. The Labute approximate surface area is 164 Å². The average Bonchev–Trinajstić information content (AvgIpc) is 2.64. The Hall–Kier alpha value is -2.64. The normalized spacial score (nSPS) is 21.8. The lowest BCUT2D eigenvalue weighted by atomic mass is 9.75. The number of carbonyl (C=O) groups is 2. The van der Waals surface area contributed by atoms with Gasteiger partial charge < -0.3 is 14.2 Å². The number of nitrogens with zero attached hydrogens (tertiary/aromatic N) is 1. The van der Waals surface area contributed by atoms with Crippen molar-refractivity contribution in [1.29, 1.82) is 0 Å². The molecule has 1 aromatic carbocycles. The molecule has 2 rings (SSSR count). The van der Waals surface area contributed by atoms with Crippen LogP contribution in [0, 0.1) is 27.9 Å². The summed E-state index contributed by atoms with van der Waals surface area (Å²) >= 11 is 0. The molecule has 0 bridgehead atoms. The summed E-state index contributed by atoms with van der Waals surface area (Å²) in [6.45, 7) is 5.32. The Balaban J connectivity index is 1.79. The van der Waals surface area contributed by atoms with Crippen molar-refractivity contribution in [2.75, 3.05) is 13.2 Å². The smallest absolute Gasteiger partial charge is 0.344 e. The number of nitro groups is 1. The molecule has 1 aromatic rings. The van der Waals surface area contributed by atoms with Gasteiger partial charge in [0.05, 0.1) is 4.92 Å². The summed E-state index contributed by atoms with van der Waals surface area (Å²) in [7, 11) is 0. The Morgan fingerprint density at radius 1 is 1.18 bits per heavy atom. The van der Waals surface area contributed by atoms with Gasteiger partial charge in [-0.2, -0.15) is 0 Å². The van der Waals surface area contributed by atoms with E-state index in [9.17, 15) is 19.7 Å². The van der Waals surface area contributed by atoms with Crippen LogP contribution < -0.4 is 4.74 Å². The van der Waals surface area contributed by atoms with Crippen LogP contribution in [0.1, 0.15) is 40.0 Å². The topological polar surface area (TPSA) is 105 Å². The Bertz CT molecular complexity index is 704. The van der Waals surface area contributed by atoms with Gasteiger partial charge in [0.25, 0.3) is 0 Å². The first-order valence-corrected chi connectivity index (χ1v) is 9.49. The summed E-state index contributed by atoms with van der Waals surface area (Å²) in [5.41, 5.74) is -0.249. The van der Waals surface area contributed by atoms with Gasteiger partial charge in [-0.3, -0.25) is 10.1 Å². The predicted octanol–water partition coefficient (Wildman–Crippen LogP) is 3.52. The molecule has 8 nitrogen and oxygen atoms in total. The molecule has 28 heavy (non-hydrogen) atoms. The van der Waals surface area contributed by atoms with Crippen LogP contribution in [0.5, 0.6) is 5.75 Å². The monoisotopic (exact) mass is 393 g/mol. The van der Waals surface area contributed by atoms with E-state index in [-0.39, 0.29) is 17.5 Å². The molecule has 1 aliphatic carbocycles. The molecule has 0 unspecified atom stereocenters. The molecular formula is C20H27NO7. The van der Waals surface area contributed by atoms with E-state index in [1.54, 1.807) is 6.07 Å². The molecule has 0 radical (unpaired) electrons. The highest BCUT2D eigenvalue weighted by Crippen LogP contribution is 2.35. The van der Waals surface area contributed by atoms with Crippen LogP contribution in [0.15, 0.2) is 24.3 Å². The zero-order chi connectivity index (χ0) is 20.7. The lowest BCUT2D eigenvalue weighted by molar-refractivity contribution is -0.385. The molecular weight excluding hydrogens is 366 g/mol. The van der Waals surface area contributed by atoms with E-state index in [1.165, 1.54) is 18.2 Å². The van der Waals surface area contributed by atoms with Gasteiger partial charge >= 0.3 is 17.6 Å². The molecule has 0 heterocycles. The van der Waals surface area contributed by atoms with E-state index in [1.807, 2.05) is 0 Å². The molecule has 1 fully saturated rings. The van der Waals surface area contributed by atoms with Crippen LogP contribution in [0.2, 0.25) is 0 Å². The van der Waals surface area contributed by atoms with E-state index in [2.05, 4.69) is 20.8 Å². The van der Waals surface area contributed by atoms with Crippen LogP contribution in [0.3, 0.4) is 0 Å². The molecule has 0 aliphatic heterocycles. The van der Waals surface area contributed by atoms with Crippen LogP contribution >= 0.6 is 0 Å². The van der Waals surface area contributed by atoms with Gasteiger partial charge in [-0.15, -0.1) is 0 Å². The van der Waals surface area contributed by atoms with Crippen molar-refractivity contribution in [3.63, 3.8) is 0 Å². The lowest BCUT2D eigenvalue weighted by Gasteiger charge is -2.36. The van der Waals surface area contributed by atoms with Crippen molar-refractivity contribution in [3.8, 4) is 5.75 Å². The third-order valence-corrected chi connectivity index (χ3v) is 5.00. The van der Waals surface area contributed by atoms with Crippen molar-refractivity contribution < 1.29 is 28.7 Å². The second-order valence-corrected chi connectivity index (χ2v) is 7.53. The number of ether oxygens (including phenoxy) is 3. The molecule has 1 aliphatic rings. The van der Waals surface area contributed by atoms with E-state index in [4.69, 9.17) is 14.2 Å². The van der Waals surface area contributed by atoms with Gasteiger partial charge in [-0.05, 0) is 36.7 Å². The van der Waals surface area contributed by atoms with E-state index in [0.717, 1.165) is 19.3 Å². The average molecular weight is 393 g/mol. The Kier molecular flexibility index (Phi) is 7.78. The van der Waals surface area contributed by atoms with Crippen molar-refractivity contribution in [2.45, 2.75) is 46.1 Å². The van der Waals surface area contributed by atoms with Crippen LogP contribution in [0.4, 0.5) is 5.69 Å². The minimum Gasteiger partial charge on any atom is -0.475 e. The fourth-order valence-corrected chi connectivity index (χ4v) is 3.50. The third-order valence-electron chi connectivity index (χ3n) is 5.00. The van der Waals surface area contributed by atoms with Crippen LogP contribution in [0.25, 0.3) is 0 Å². The minimum absolute atomic E-state index is 0.0389. The second-order valence-electron chi connectivity index (χ2n) is 7.53. The number of carbonyl (C=O) groups excluding carboxylic acids is 2.